The van der Waals surface area contributed by atoms with Gasteiger partial charge in [-0.2, -0.15) is 0 Å². The van der Waals surface area contributed by atoms with Gasteiger partial charge in [0.05, 0.1) is 0 Å². The standard InChI is InChI=1S/C13H16N/c1-10-3-4-13(9-11(10)2)12-5-7-14-8-6-12/h3-5,9H,6-8H2,1-2H3. The zero-order valence-corrected chi connectivity index (χ0v) is 8.88. The summed E-state index contributed by atoms with van der Waals surface area (Å²) in [4.78, 5) is 0. The molecule has 73 valence electrons. The van der Waals surface area contributed by atoms with Gasteiger partial charge in [-0.15, -0.1) is 0 Å². The monoisotopic (exact) mass is 186 g/mol. The molecule has 14 heavy (non-hydrogen) atoms. The van der Waals surface area contributed by atoms with E-state index in [1.54, 1.807) is 0 Å². The Kier molecular flexibility index (Phi) is 2.69. The van der Waals surface area contributed by atoms with Crippen molar-refractivity contribution in [1.82, 2.24) is 5.32 Å². The SMILES string of the molecule is Cc1ccc(C2=CC[N]CC2)cc1C. The Balaban J connectivity index is 2.32. The fourth-order valence-corrected chi connectivity index (χ4v) is 1.77. The second kappa shape index (κ2) is 3.97. The third-order valence-corrected chi connectivity index (χ3v) is 2.88. The first kappa shape index (κ1) is 9.47. The van der Waals surface area contributed by atoms with E-state index >= 15 is 0 Å². The highest BCUT2D eigenvalue weighted by molar-refractivity contribution is 5.67. The van der Waals surface area contributed by atoms with Gasteiger partial charge in [0.1, 0.15) is 0 Å². The summed E-state index contributed by atoms with van der Waals surface area (Å²) < 4.78 is 0. The minimum atomic E-state index is 0.891. The van der Waals surface area contributed by atoms with E-state index in [2.05, 4.69) is 43.4 Å². The summed E-state index contributed by atoms with van der Waals surface area (Å²) >= 11 is 0. The molecule has 0 saturated heterocycles. The molecule has 0 fully saturated rings. The topological polar surface area (TPSA) is 14.1 Å². The fraction of sp³-hybridized carbons (Fsp3) is 0.385. The maximum absolute atomic E-state index is 4.32. The van der Waals surface area contributed by atoms with E-state index in [-0.39, 0.29) is 0 Å². The van der Waals surface area contributed by atoms with Gasteiger partial charge in [0.15, 0.2) is 0 Å². The molecule has 0 N–H and O–H groups in total. The minimum Gasteiger partial charge on any atom is -0.237 e. The third kappa shape index (κ3) is 1.88. The number of hydrogen-bond donors (Lipinski definition) is 0. The van der Waals surface area contributed by atoms with Crippen LogP contribution >= 0.6 is 0 Å². The molecule has 0 aliphatic carbocycles. The van der Waals surface area contributed by atoms with E-state index in [0.29, 0.717) is 0 Å². The molecule has 0 saturated carbocycles. The van der Waals surface area contributed by atoms with Crippen LogP contribution in [0.3, 0.4) is 0 Å². The Morgan fingerprint density at radius 3 is 2.64 bits per heavy atom. The average Bonchev–Trinajstić information content (AvgIpc) is 2.23. The smallest absolute Gasteiger partial charge is 0.0320 e. The highest BCUT2D eigenvalue weighted by Crippen LogP contribution is 2.22. The summed E-state index contributed by atoms with van der Waals surface area (Å²) in [6, 6.07) is 6.71. The first-order valence-corrected chi connectivity index (χ1v) is 5.17. The van der Waals surface area contributed by atoms with Gasteiger partial charge in [-0.3, -0.25) is 0 Å². The lowest BCUT2D eigenvalue weighted by Crippen LogP contribution is -2.12. The van der Waals surface area contributed by atoms with Crippen molar-refractivity contribution in [3.63, 3.8) is 0 Å². The molecule has 1 heterocycles. The largest absolute Gasteiger partial charge is 0.237 e. The van der Waals surface area contributed by atoms with Crippen LogP contribution in [0.1, 0.15) is 23.1 Å². The van der Waals surface area contributed by atoms with Crippen LogP contribution < -0.4 is 5.32 Å². The molecule has 1 aliphatic rings. The lowest BCUT2D eigenvalue weighted by Gasteiger charge is -2.14. The normalized spacial score (nSPS) is 16.6. The summed E-state index contributed by atoms with van der Waals surface area (Å²) in [6.45, 7) is 6.21. The molecule has 0 aromatic heterocycles. The molecule has 1 aromatic carbocycles. The van der Waals surface area contributed by atoms with Crippen LogP contribution in [0.2, 0.25) is 0 Å². The lowest BCUT2D eigenvalue weighted by molar-refractivity contribution is 0.723. The minimum absolute atomic E-state index is 0.891. The van der Waals surface area contributed by atoms with Crippen molar-refractivity contribution in [2.75, 3.05) is 13.1 Å². The fourth-order valence-electron chi connectivity index (χ4n) is 1.77. The first-order chi connectivity index (χ1) is 6.77. The summed E-state index contributed by atoms with van der Waals surface area (Å²) in [7, 11) is 0. The first-order valence-electron chi connectivity index (χ1n) is 5.17. The summed E-state index contributed by atoms with van der Waals surface area (Å²) in [5.74, 6) is 0. The molecule has 1 aliphatic heterocycles. The zero-order chi connectivity index (χ0) is 9.97. The third-order valence-electron chi connectivity index (χ3n) is 2.88. The highest BCUT2D eigenvalue weighted by atomic mass is 14.8. The van der Waals surface area contributed by atoms with Crippen molar-refractivity contribution >= 4 is 5.57 Å². The second-order valence-corrected chi connectivity index (χ2v) is 3.91. The van der Waals surface area contributed by atoms with Gasteiger partial charge in [-0.1, -0.05) is 24.3 Å². The van der Waals surface area contributed by atoms with Gasteiger partial charge in [0.2, 0.25) is 0 Å². The lowest BCUT2D eigenvalue weighted by atomic mass is 9.97. The van der Waals surface area contributed by atoms with E-state index in [4.69, 9.17) is 0 Å². The Morgan fingerprint density at radius 1 is 1.14 bits per heavy atom. The van der Waals surface area contributed by atoms with Crippen LogP contribution in [-0.2, 0) is 0 Å². The number of benzene rings is 1. The molecule has 0 atom stereocenters. The number of aryl methyl sites for hydroxylation is 2. The van der Waals surface area contributed by atoms with Gasteiger partial charge in [0, 0.05) is 13.1 Å². The maximum atomic E-state index is 4.32. The maximum Gasteiger partial charge on any atom is 0.0320 e. The van der Waals surface area contributed by atoms with Crippen LogP contribution in [0.4, 0.5) is 0 Å². The van der Waals surface area contributed by atoms with Crippen LogP contribution in [0, 0.1) is 13.8 Å². The predicted octanol–water partition coefficient (Wildman–Crippen LogP) is 2.69. The molecule has 2 rings (SSSR count). The quantitative estimate of drug-likeness (QED) is 0.640. The molecule has 0 spiro atoms. The molecular formula is C13H16N. The number of rotatable bonds is 1. The van der Waals surface area contributed by atoms with Crippen molar-refractivity contribution in [3.05, 3.63) is 41.0 Å². The van der Waals surface area contributed by atoms with Gasteiger partial charge in [0.25, 0.3) is 0 Å². The molecule has 1 nitrogen and oxygen atoms in total. The van der Waals surface area contributed by atoms with Crippen LogP contribution in [-0.4, -0.2) is 13.1 Å². The molecule has 1 aromatic rings. The Bertz CT molecular complexity index is 363. The summed E-state index contributed by atoms with van der Waals surface area (Å²) in [6.07, 6.45) is 3.34. The molecule has 0 unspecified atom stereocenters. The average molecular weight is 186 g/mol. The number of hydrogen-bond acceptors (Lipinski definition) is 0. The van der Waals surface area contributed by atoms with E-state index in [0.717, 1.165) is 19.5 Å². The molecule has 0 amide bonds. The van der Waals surface area contributed by atoms with Gasteiger partial charge < -0.3 is 0 Å². The van der Waals surface area contributed by atoms with Crippen molar-refractivity contribution in [1.29, 1.82) is 0 Å². The highest BCUT2D eigenvalue weighted by Gasteiger charge is 2.06. The summed E-state index contributed by atoms with van der Waals surface area (Å²) in [5.41, 5.74) is 5.59. The van der Waals surface area contributed by atoms with Crippen molar-refractivity contribution in [2.24, 2.45) is 0 Å². The molecule has 1 radical (unpaired) electrons. The van der Waals surface area contributed by atoms with E-state index < -0.39 is 0 Å². The van der Waals surface area contributed by atoms with Crippen molar-refractivity contribution in [2.45, 2.75) is 20.3 Å². The van der Waals surface area contributed by atoms with Gasteiger partial charge in [-0.25, -0.2) is 5.32 Å². The Morgan fingerprint density at radius 2 is 2.00 bits per heavy atom. The van der Waals surface area contributed by atoms with E-state index in [9.17, 15) is 0 Å². The van der Waals surface area contributed by atoms with Crippen molar-refractivity contribution < 1.29 is 0 Å². The van der Waals surface area contributed by atoms with Crippen LogP contribution in [0.15, 0.2) is 24.3 Å². The zero-order valence-electron chi connectivity index (χ0n) is 8.88. The Hall–Kier alpha value is -1.08. The van der Waals surface area contributed by atoms with Gasteiger partial charge >= 0.3 is 0 Å². The van der Waals surface area contributed by atoms with Crippen molar-refractivity contribution in [3.8, 4) is 0 Å². The van der Waals surface area contributed by atoms with Crippen LogP contribution in [0.25, 0.3) is 5.57 Å². The Labute approximate surface area is 85.8 Å². The van der Waals surface area contributed by atoms with E-state index in [1.165, 1.54) is 22.3 Å². The molecule has 1 heteroatoms. The van der Waals surface area contributed by atoms with Gasteiger partial charge in [-0.05, 0) is 42.5 Å². The van der Waals surface area contributed by atoms with Crippen LogP contribution in [0.5, 0.6) is 0 Å². The van der Waals surface area contributed by atoms with E-state index in [1.807, 2.05) is 0 Å². The second-order valence-electron chi connectivity index (χ2n) is 3.91. The molecule has 0 bridgehead atoms. The predicted molar refractivity (Wildman–Crippen MR) is 60.4 cm³/mol. The number of nitrogens with zero attached hydrogens (tertiary/aromatic N) is 1. The molecular weight excluding hydrogens is 170 g/mol. The summed E-state index contributed by atoms with van der Waals surface area (Å²) in [5, 5.41) is 4.32.